The Balaban J connectivity index is 1.64. The van der Waals surface area contributed by atoms with Gasteiger partial charge in [-0.05, 0) is 23.0 Å². The van der Waals surface area contributed by atoms with Gasteiger partial charge in [-0.25, -0.2) is 0 Å². The lowest BCUT2D eigenvalue weighted by Gasteiger charge is -2.23. The first-order valence-corrected chi connectivity index (χ1v) is 11.1. The molecular formula is C26H32O5. The minimum Gasteiger partial charge on any atom is -0.490 e. The molecule has 5 rings (SSSR count). The second-order valence-corrected chi connectivity index (χ2v) is 10.8. The summed E-state index contributed by atoms with van der Waals surface area (Å²) < 4.78 is 29.2. The molecule has 2 atom stereocenters. The Bertz CT molecular complexity index is 1030. The first-order valence-electron chi connectivity index (χ1n) is 11.1. The van der Waals surface area contributed by atoms with Gasteiger partial charge in [-0.3, -0.25) is 0 Å². The Morgan fingerprint density at radius 2 is 1.10 bits per heavy atom. The number of hydrogen-bond donors (Lipinski definition) is 0. The number of rotatable bonds is 6. The Morgan fingerprint density at radius 1 is 0.710 bits per heavy atom. The number of benzene rings is 2. The van der Waals surface area contributed by atoms with Crippen molar-refractivity contribution >= 4 is 21.9 Å². The van der Waals surface area contributed by atoms with E-state index < -0.39 is 0 Å². The van der Waals surface area contributed by atoms with Gasteiger partial charge in [-0.15, -0.1) is 0 Å². The fourth-order valence-corrected chi connectivity index (χ4v) is 3.94. The Hall–Kier alpha value is -2.24. The number of epoxide rings is 2. The summed E-state index contributed by atoms with van der Waals surface area (Å²) in [6, 6.07) is 8.53. The third-order valence-corrected chi connectivity index (χ3v) is 5.94. The molecule has 2 aliphatic rings. The van der Waals surface area contributed by atoms with E-state index in [-0.39, 0.29) is 23.0 Å². The SMILES string of the molecule is CC(C)(C)c1cc2c(cc1OCC1CO1)oc1cc(OCC3CO3)c(C(C)(C)C)cc12. The molecule has 5 heteroatoms. The normalized spacial score (nSPS) is 21.0. The standard InChI is InChI=1S/C26H32O5/c1-25(2,3)19-7-17-18-8-20(26(4,5)6)24(30-14-16-12-28-16)10-22(18)31-21(17)9-23(19)29-13-15-11-27-15/h7-10,15-16H,11-14H2,1-6H3. The Morgan fingerprint density at radius 3 is 1.42 bits per heavy atom. The fourth-order valence-electron chi connectivity index (χ4n) is 3.94. The highest BCUT2D eigenvalue weighted by Crippen LogP contribution is 2.43. The van der Waals surface area contributed by atoms with E-state index in [1.807, 2.05) is 12.1 Å². The maximum absolute atomic E-state index is 6.29. The molecule has 2 fully saturated rings. The average molecular weight is 425 g/mol. The third-order valence-electron chi connectivity index (χ3n) is 5.94. The van der Waals surface area contributed by atoms with Crippen LogP contribution in [0.2, 0.25) is 0 Å². The summed E-state index contributed by atoms with van der Waals surface area (Å²) >= 11 is 0. The molecule has 0 N–H and O–H groups in total. The highest BCUT2D eigenvalue weighted by molar-refractivity contribution is 6.06. The van der Waals surface area contributed by atoms with E-state index in [1.54, 1.807) is 0 Å². The molecule has 0 saturated carbocycles. The van der Waals surface area contributed by atoms with Crippen molar-refractivity contribution in [1.29, 1.82) is 0 Å². The summed E-state index contributed by atoms with van der Waals surface area (Å²) in [5, 5.41) is 2.22. The first-order chi connectivity index (χ1) is 14.6. The van der Waals surface area contributed by atoms with Crippen LogP contribution in [0.25, 0.3) is 21.9 Å². The predicted molar refractivity (Wildman–Crippen MR) is 122 cm³/mol. The Kier molecular flexibility index (Phi) is 4.76. The molecule has 2 unspecified atom stereocenters. The largest absolute Gasteiger partial charge is 0.490 e. The topological polar surface area (TPSA) is 56.7 Å². The van der Waals surface area contributed by atoms with E-state index in [2.05, 4.69) is 53.7 Å². The third kappa shape index (κ3) is 4.26. The van der Waals surface area contributed by atoms with Gasteiger partial charge in [0.1, 0.15) is 48.1 Å². The van der Waals surface area contributed by atoms with Gasteiger partial charge < -0.3 is 23.4 Å². The van der Waals surface area contributed by atoms with Gasteiger partial charge >= 0.3 is 0 Å². The van der Waals surface area contributed by atoms with Crippen LogP contribution in [0.3, 0.4) is 0 Å². The number of ether oxygens (including phenoxy) is 4. The molecule has 5 nitrogen and oxygen atoms in total. The molecule has 31 heavy (non-hydrogen) atoms. The number of furan rings is 1. The number of hydrogen-bond acceptors (Lipinski definition) is 5. The van der Waals surface area contributed by atoms with Crippen LogP contribution >= 0.6 is 0 Å². The molecule has 2 saturated heterocycles. The van der Waals surface area contributed by atoms with Crippen molar-refractivity contribution in [3.8, 4) is 11.5 Å². The molecule has 0 spiro atoms. The van der Waals surface area contributed by atoms with Crippen molar-refractivity contribution in [3.63, 3.8) is 0 Å². The lowest BCUT2D eigenvalue weighted by Crippen LogP contribution is -2.15. The zero-order valence-electron chi connectivity index (χ0n) is 19.3. The summed E-state index contributed by atoms with van der Waals surface area (Å²) in [4.78, 5) is 0. The van der Waals surface area contributed by atoms with Crippen molar-refractivity contribution in [2.24, 2.45) is 0 Å². The van der Waals surface area contributed by atoms with Crippen LogP contribution in [-0.4, -0.2) is 38.6 Å². The van der Waals surface area contributed by atoms with E-state index in [1.165, 1.54) is 11.1 Å². The highest BCUT2D eigenvalue weighted by atomic mass is 16.6. The van der Waals surface area contributed by atoms with Gasteiger partial charge in [-0.2, -0.15) is 0 Å². The molecule has 0 aliphatic carbocycles. The maximum Gasteiger partial charge on any atom is 0.139 e. The molecular weight excluding hydrogens is 392 g/mol. The summed E-state index contributed by atoms with van der Waals surface area (Å²) in [5.74, 6) is 1.74. The van der Waals surface area contributed by atoms with Crippen molar-refractivity contribution < 1.29 is 23.4 Å². The molecule has 2 aromatic carbocycles. The van der Waals surface area contributed by atoms with E-state index in [9.17, 15) is 0 Å². The molecule has 0 amide bonds. The lowest BCUT2D eigenvalue weighted by atomic mass is 9.84. The minimum absolute atomic E-state index is 0.0578. The Labute approximate surface area is 183 Å². The van der Waals surface area contributed by atoms with Crippen molar-refractivity contribution in [1.82, 2.24) is 0 Å². The van der Waals surface area contributed by atoms with Crippen LogP contribution in [-0.2, 0) is 20.3 Å². The molecule has 0 bridgehead atoms. The number of fused-ring (bicyclic) bond motifs is 3. The molecule has 2 aliphatic heterocycles. The second-order valence-electron chi connectivity index (χ2n) is 10.8. The summed E-state index contributed by atoms with van der Waals surface area (Å²) in [5.41, 5.74) is 3.89. The van der Waals surface area contributed by atoms with Crippen LogP contribution in [0.1, 0.15) is 52.7 Å². The quantitative estimate of drug-likeness (QED) is 0.473. The monoisotopic (exact) mass is 424 g/mol. The maximum atomic E-state index is 6.29. The molecule has 0 radical (unpaired) electrons. The summed E-state index contributed by atoms with van der Waals surface area (Å²) in [6.45, 7) is 16.0. The molecule has 3 heterocycles. The van der Waals surface area contributed by atoms with Gasteiger partial charge in [0, 0.05) is 34.0 Å². The zero-order chi connectivity index (χ0) is 22.0. The smallest absolute Gasteiger partial charge is 0.139 e. The first kappa shape index (κ1) is 20.7. The summed E-state index contributed by atoms with van der Waals surface area (Å²) in [6.07, 6.45) is 0.423. The minimum atomic E-state index is -0.0578. The van der Waals surface area contributed by atoms with Gasteiger partial charge in [0.25, 0.3) is 0 Å². The fraction of sp³-hybridized carbons (Fsp3) is 0.538. The lowest BCUT2D eigenvalue weighted by molar-refractivity contribution is 0.258. The van der Waals surface area contributed by atoms with E-state index in [0.29, 0.717) is 13.2 Å². The van der Waals surface area contributed by atoms with Crippen LogP contribution < -0.4 is 9.47 Å². The highest BCUT2D eigenvalue weighted by Gasteiger charge is 2.29. The molecule has 1 aromatic heterocycles. The van der Waals surface area contributed by atoms with Crippen molar-refractivity contribution in [3.05, 3.63) is 35.4 Å². The van der Waals surface area contributed by atoms with Crippen molar-refractivity contribution in [2.45, 2.75) is 64.6 Å². The average Bonchev–Trinajstić information content (AvgIpc) is 3.59. The van der Waals surface area contributed by atoms with Crippen LogP contribution in [0.5, 0.6) is 11.5 Å². The van der Waals surface area contributed by atoms with E-state index in [4.69, 9.17) is 23.4 Å². The predicted octanol–water partition coefficient (Wildman–Crippen LogP) is 5.74. The van der Waals surface area contributed by atoms with Gasteiger partial charge in [0.05, 0.1) is 13.2 Å². The van der Waals surface area contributed by atoms with E-state index >= 15 is 0 Å². The summed E-state index contributed by atoms with van der Waals surface area (Å²) in [7, 11) is 0. The van der Waals surface area contributed by atoms with Crippen LogP contribution in [0, 0.1) is 0 Å². The van der Waals surface area contributed by atoms with Crippen LogP contribution in [0.4, 0.5) is 0 Å². The molecule has 3 aromatic rings. The van der Waals surface area contributed by atoms with Gasteiger partial charge in [0.15, 0.2) is 0 Å². The van der Waals surface area contributed by atoms with Gasteiger partial charge in [-0.1, -0.05) is 41.5 Å². The van der Waals surface area contributed by atoms with Gasteiger partial charge in [0.2, 0.25) is 0 Å². The van der Waals surface area contributed by atoms with E-state index in [0.717, 1.165) is 46.7 Å². The second kappa shape index (κ2) is 7.14. The zero-order valence-corrected chi connectivity index (χ0v) is 19.3. The van der Waals surface area contributed by atoms with Crippen molar-refractivity contribution in [2.75, 3.05) is 26.4 Å². The van der Waals surface area contributed by atoms with Crippen LogP contribution in [0.15, 0.2) is 28.7 Å². The molecule has 166 valence electrons.